The van der Waals surface area contributed by atoms with Crippen LogP contribution in [0.1, 0.15) is 29.4 Å². The van der Waals surface area contributed by atoms with Crippen LogP contribution in [0.2, 0.25) is 0 Å². The van der Waals surface area contributed by atoms with Crippen molar-refractivity contribution in [3.05, 3.63) is 69.3 Å². The van der Waals surface area contributed by atoms with Crippen LogP contribution < -0.4 is 5.73 Å². The molecule has 0 saturated heterocycles. The topological polar surface area (TPSA) is 69.1 Å². The SMILES string of the molecule is CCc1nc2ccc(Br)cn2c1C(N)c1nc(-c2ccc(F)cc2)ns1. The number of halogens is 2. The van der Waals surface area contributed by atoms with Crippen molar-refractivity contribution >= 4 is 33.1 Å². The van der Waals surface area contributed by atoms with Crippen LogP contribution in [0.15, 0.2) is 47.1 Å². The Kier molecular flexibility index (Phi) is 4.56. The van der Waals surface area contributed by atoms with Crippen LogP contribution in [0.3, 0.4) is 0 Å². The lowest BCUT2D eigenvalue weighted by Gasteiger charge is -2.10. The Hall–Kier alpha value is -2.16. The Morgan fingerprint density at radius 2 is 1.96 bits per heavy atom. The quantitative estimate of drug-likeness (QED) is 0.520. The van der Waals surface area contributed by atoms with Gasteiger partial charge in [-0.2, -0.15) is 4.37 Å². The molecule has 8 heteroatoms. The van der Waals surface area contributed by atoms with E-state index < -0.39 is 6.04 Å². The minimum atomic E-state index is -0.444. The van der Waals surface area contributed by atoms with E-state index in [-0.39, 0.29) is 5.82 Å². The van der Waals surface area contributed by atoms with Gasteiger partial charge in [-0.25, -0.2) is 14.4 Å². The lowest BCUT2D eigenvalue weighted by molar-refractivity contribution is 0.628. The fourth-order valence-corrected chi connectivity index (χ4v) is 3.89. The number of nitrogens with two attached hydrogens (primary N) is 1. The molecule has 3 aromatic heterocycles. The second kappa shape index (κ2) is 6.86. The average molecular weight is 432 g/mol. The first kappa shape index (κ1) is 17.3. The number of aryl methyl sites for hydroxylation is 1. The number of pyridine rings is 1. The molecule has 3 heterocycles. The van der Waals surface area contributed by atoms with Crippen LogP contribution in [-0.4, -0.2) is 18.7 Å². The molecule has 0 spiro atoms. The number of aromatic nitrogens is 4. The molecule has 0 aliphatic carbocycles. The van der Waals surface area contributed by atoms with Gasteiger partial charge < -0.3 is 10.1 Å². The summed E-state index contributed by atoms with van der Waals surface area (Å²) in [5.74, 6) is 0.262. The Balaban J connectivity index is 1.76. The molecule has 132 valence electrons. The van der Waals surface area contributed by atoms with Crippen LogP contribution in [0.25, 0.3) is 17.0 Å². The fraction of sp³-hybridized carbons (Fsp3) is 0.167. The summed E-state index contributed by atoms with van der Waals surface area (Å²) in [7, 11) is 0. The smallest absolute Gasteiger partial charge is 0.173 e. The largest absolute Gasteiger partial charge is 0.317 e. The van der Waals surface area contributed by atoms with Gasteiger partial charge in [-0.05, 0) is 70.3 Å². The lowest BCUT2D eigenvalue weighted by Crippen LogP contribution is -2.16. The molecule has 0 fully saturated rings. The number of rotatable bonds is 4. The number of nitrogens with zero attached hydrogens (tertiary/aromatic N) is 4. The summed E-state index contributed by atoms with van der Waals surface area (Å²) in [4.78, 5) is 9.25. The highest BCUT2D eigenvalue weighted by atomic mass is 79.9. The standard InChI is InChI=1S/C18H15BrFN5S/c1-2-13-16(25-9-11(19)5-8-14(25)22-13)15(21)18-23-17(24-26-18)10-3-6-12(20)7-4-10/h3-9,15H,2,21H2,1H3. The van der Waals surface area contributed by atoms with Crippen molar-refractivity contribution in [2.45, 2.75) is 19.4 Å². The molecule has 0 aliphatic heterocycles. The first-order valence-corrected chi connectivity index (χ1v) is 9.65. The lowest BCUT2D eigenvalue weighted by atomic mass is 10.1. The van der Waals surface area contributed by atoms with Gasteiger partial charge >= 0.3 is 0 Å². The average Bonchev–Trinajstić information content (AvgIpc) is 3.26. The van der Waals surface area contributed by atoms with E-state index in [0.29, 0.717) is 10.8 Å². The summed E-state index contributed by atoms with van der Waals surface area (Å²) < 4.78 is 20.4. The van der Waals surface area contributed by atoms with Crippen LogP contribution in [0, 0.1) is 5.82 Å². The summed E-state index contributed by atoms with van der Waals surface area (Å²) in [6.45, 7) is 2.05. The fourth-order valence-electron chi connectivity index (χ4n) is 2.87. The van der Waals surface area contributed by atoms with Crippen LogP contribution in [0.5, 0.6) is 0 Å². The Labute approximate surface area is 162 Å². The highest BCUT2D eigenvalue weighted by Crippen LogP contribution is 2.29. The van der Waals surface area contributed by atoms with Gasteiger partial charge in [-0.3, -0.25) is 0 Å². The van der Waals surface area contributed by atoms with Crippen molar-refractivity contribution in [2.75, 3.05) is 0 Å². The zero-order chi connectivity index (χ0) is 18.3. The molecule has 1 atom stereocenters. The van der Waals surface area contributed by atoms with E-state index in [0.717, 1.165) is 33.5 Å². The maximum atomic E-state index is 13.1. The maximum Gasteiger partial charge on any atom is 0.173 e. The van der Waals surface area contributed by atoms with Crippen LogP contribution in [0.4, 0.5) is 4.39 Å². The van der Waals surface area contributed by atoms with Crippen LogP contribution >= 0.6 is 27.5 Å². The number of fused-ring (bicyclic) bond motifs is 1. The van der Waals surface area contributed by atoms with Crippen molar-refractivity contribution in [2.24, 2.45) is 5.73 Å². The Morgan fingerprint density at radius 3 is 2.69 bits per heavy atom. The van der Waals surface area contributed by atoms with Crippen molar-refractivity contribution in [3.63, 3.8) is 0 Å². The van der Waals surface area contributed by atoms with Gasteiger partial charge in [0.25, 0.3) is 0 Å². The van der Waals surface area contributed by atoms with E-state index in [1.807, 2.05) is 22.7 Å². The van der Waals surface area contributed by atoms with Crippen molar-refractivity contribution in [1.82, 2.24) is 18.7 Å². The first-order chi connectivity index (χ1) is 12.6. The summed E-state index contributed by atoms with van der Waals surface area (Å²) in [5.41, 5.74) is 10.00. The highest BCUT2D eigenvalue weighted by Gasteiger charge is 2.23. The molecule has 0 amide bonds. The predicted molar refractivity (Wildman–Crippen MR) is 104 cm³/mol. The second-order valence-corrected chi connectivity index (χ2v) is 7.51. The molecule has 4 rings (SSSR count). The maximum absolute atomic E-state index is 13.1. The van der Waals surface area contributed by atoms with Gasteiger partial charge in [0.05, 0.1) is 11.4 Å². The minimum Gasteiger partial charge on any atom is -0.317 e. The van der Waals surface area contributed by atoms with Gasteiger partial charge in [0.15, 0.2) is 5.82 Å². The van der Waals surface area contributed by atoms with E-state index >= 15 is 0 Å². The summed E-state index contributed by atoms with van der Waals surface area (Å²) in [6, 6.07) is 9.57. The molecular formula is C18H15BrFN5S. The normalized spacial score (nSPS) is 12.6. The third-order valence-electron chi connectivity index (χ3n) is 4.14. The third kappa shape index (κ3) is 3.04. The molecule has 0 saturated carbocycles. The molecule has 1 unspecified atom stereocenters. The van der Waals surface area contributed by atoms with Crippen molar-refractivity contribution in [3.8, 4) is 11.4 Å². The molecule has 4 aromatic rings. The minimum absolute atomic E-state index is 0.287. The van der Waals surface area contributed by atoms with E-state index in [1.165, 1.54) is 23.7 Å². The van der Waals surface area contributed by atoms with Gasteiger partial charge in [0, 0.05) is 16.2 Å². The summed E-state index contributed by atoms with van der Waals surface area (Å²) in [5, 5.41) is 0.695. The van der Waals surface area contributed by atoms with E-state index in [2.05, 4.69) is 37.2 Å². The van der Waals surface area contributed by atoms with E-state index in [9.17, 15) is 4.39 Å². The molecular weight excluding hydrogens is 417 g/mol. The molecule has 1 aromatic carbocycles. The third-order valence-corrected chi connectivity index (χ3v) is 5.40. The summed E-state index contributed by atoms with van der Waals surface area (Å²) >= 11 is 4.75. The summed E-state index contributed by atoms with van der Waals surface area (Å²) in [6.07, 6.45) is 2.73. The van der Waals surface area contributed by atoms with Crippen LogP contribution in [-0.2, 0) is 6.42 Å². The highest BCUT2D eigenvalue weighted by molar-refractivity contribution is 9.10. The molecule has 26 heavy (non-hydrogen) atoms. The molecule has 0 bridgehead atoms. The van der Waals surface area contributed by atoms with Gasteiger partial charge in [-0.1, -0.05) is 6.92 Å². The predicted octanol–water partition coefficient (Wildman–Crippen LogP) is 4.36. The molecule has 5 nitrogen and oxygen atoms in total. The van der Waals surface area contributed by atoms with Gasteiger partial charge in [0.1, 0.15) is 22.5 Å². The second-order valence-electron chi connectivity index (χ2n) is 5.81. The number of imidazole rings is 1. The number of benzene rings is 1. The van der Waals surface area contributed by atoms with Crippen molar-refractivity contribution < 1.29 is 4.39 Å². The number of hydrogen-bond acceptors (Lipinski definition) is 5. The molecule has 0 radical (unpaired) electrons. The van der Waals surface area contributed by atoms with Gasteiger partial charge in [0.2, 0.25) is 0 Å². The zero-order valence-electron chi connectivity index (χ0n) is 13.9. The van der Waals surface area contributed by atoms with E-state index in [4.69, 9.17) is 5.73 Å². The monoisotopic (exact) mass is 431 g/mol. The Morgan fingerprint density at radius 1 is 1.19 bits per heavy atom. The van der Waals surface area contributed by atoms with Crippen molar-refractivity contribution in [1.29, 1.82) is 0 Å². The molecule has 2 N–H and O–H groups in total. The Bertz CT molecular complexity index is 1070. The molecule has 0 aliphatic rings. The zero-order valence-corrected chi connectivity index (χ0v) is 16.3. The van der Waals surface area contributed by atoms with E-state index in [1.54, 1.807) is 12.1 Å². The van der Waals surface area contributed by atoms with Gasteiger partial charge in [-0.15, -0.1) is 0 Å². The number of hydrogen-bond donors (Lipinski definition) is 1. The first-order valence-electron chi connectivity index (χ1n) is 8.08.